The van der Waals surface area contributed by atoms with Gasteiger partial charge in [0, 0.05) is 17.1 Å². The van der Waals surface area contributed by atoms with Crippen molar-refractivity contribution >= 4 is 43.5 Å². The van der Waals surface area contributed by atoms with Gasteiger partial charge in [-0.1, -0.05) is 27.5 Å². The highest BCUT2D eigenvalue weighted by atomic mass is 79.9. The van der Waals surface area contributed by atoms with Crippen LogP contribution in [-0.4, -0.2) is 17.1 Å². The summed E-state index contributed by atoms with van der Waals surface area (Å²) in [4.78, 5) is 18.9. The fourth-order valence-electron chi connectivity index (χ4n) is 1.54. The summed E-state index contributed by atoms with van der Waals surface area (Å²) in [5.41, 5.74) is 0.906. The highest BCUT2D eigenvalue weighted by molar-refractivity contribution is 9.10. The minimum Gasteiger partial charge on any atom is -0.378 e. The smallest absolute Gasteiger partial charge is 0.265 e. The van der Waals surface area contributed by atoms with Crippen molar-refractivity contribution in [1.82, 2.24) is 9.97 Å². The van der Waals surface area contributed by atoms with Crippen molar-refractivity contribution in [2.24, 2.45) is 0 Å². The number of benzene rings is 1. The Morgan fingerprint density at radius 3 is 2.84 bits per heavy atom. The first-order valence-corrected chi connectivity index (χ1v) is 7.22. The van der Waals surface area contributed by atoms with E-state index in [1.54, 1.807) is 19.2 Å². The third kappa shape index (κ3) is 3.25. The Bertz CT molecular complexity index is 673. The Kier molecular flexibility index (Phi) is 4.78. The predicted molar refractivity (Wildman–Crippen MR) is 81.4 cm³/mol. The first-order valence-electron chi connectivity index (χ1n) is 5.26. The standard InChI is InChI=1S/C12H9Br2ClN2O2/c1-19-5-9-10(14)12(18)17-11(16-9)7-4-6(13)2-3-8(7)15/h2-4H,5H2,1H3,(H,16,17,18). The van der Waals surface area contributed by atoms with Crippen LogP contribution in [0.2, 0.25) is 5.02 Å². The molecule has 0 amide bonds. The van der Waals surface area contributed by atoms with Crippen LogP contribution in [0.15, 0.2) is 31.9 Å². The van der Waals surface area contributed by atoms with Crippen molar-refractivity contribution in [2.75, 3.05) is 7.11 Å². The van der Waals surface area contributed by atoms with E-state index in [2.05, 4.69) is 41.8 Å². The highest BCUT2D eigenvalue weighted by Gasteiger charge is 2.12. The first kappa shape index (κ1) is 14.7. The number of hydrogen-bond acceptors (Lipinski definition) is 3. The molecular formula is C12H9Br2ClN2O2. The van der Waals surface area contributed by atoms with Crippen LogP contribution in [0.4, 0.5) is 0 Å². The van der Waals surface area contributed by atoms with Gasteiger partial charge < -0.3 is 9.72 Å². The monoisotopic (exact) mass is 406 g/mol. The van der Waals surface area contributed by atoms with Gasteiger partial charge in [0.2, 0.25) is 0 Å². The largest absolute Gasteiger partial charge is 0.378 e. The molecule has 1 heterocycles. The van der Waals surface area contributed by atoms with Crippen LogP contribution >= 0.6 is 43.5 Å². The van der Waals surface area contributed by atoms with Gasteiger partial charge in [-0.25, -0.2) is 4.98 Å². The van der Waals surface area contributed by atoms with E-state index >= 15 is 0 Å². The Morgan fingerprint density at radius 1 is 1.42 bits per heavy atom. The number of nitrogens with one attached hydrogen (secondary N) is 1. The molecule has 0 spiro atoms. The second-order valence-electron chi connectivity index (χ2n) is 3.73. The molecule has 19 heavy (non-hydrogen) atoms. The van der Waals surface area contributed by atoms with Crippen molar-refractivity contribution in [3.05, 3.63) is 48.2 Å². The molecule has 0 aliphatic heterocycles. The fraction of sp³-hybridized carbons (Fsp3) is 0.167. The Morgan fingerprint density at radius 2 is 2.16 bits per heavy atom. The third-order valence-electron chi connectivity index (χ3n) is 2.40. The van der Waals surface area contributed by atoms with Crippen molar-refractivity contribution in [2.45, 2.75) is 6.61 Å². The molecule has 0 fully saturated rings. The van der Waals surface area contributed by atoms with Gasteiger partial charge >= 0.3 is 0 Å². The molecule has 0 radical (unpaired) electrons. The van der Waals surface area contributed by atoms with E-state index < -0.39 is 0 Å². The maximum absolute atomic E-state index is 11.9. The second kappa shape index (κ2) is 6.17. The maximum Gasteiger partial charge on any atom is 0.265 e. The number of rotatable bonds is 3. The number of H-pyrrole nitrogens is 1. The van der Waals surface area contributed by atoms with E-state index in [9.17, 15) is 4.79 Å². The summed E-state index contributed by atoms with van der Waals surface area (Å²) in [6.07, 6.45) is 0. The Hall–Kier alpha value is -0.690. The summed E-state index contributed by atoms with van der Waals surface area (Å²) in [5, 5.41) is 0.511. The van der Waals surface area contributed by atoms with E-state index in [-0.39, 0.29) is 12.2 Å². The van der Waals surface area contributed by atoms with Crippen molar-refractivity contribution < 1.29 is 4.74 Å². The average Bonchev–Trinajstić information content (AvgIpc) is 2.38. The van der Waals surface area contributed by atoms with Crippen LogP contribution in [0.25, 0.3) is 11.4 Å². The van der Waals surface area contributed by atoms with E-state index in [0.717, 1.165) is 4.47 Å². The molecule has 2 aromatic rings. The summed E-state index contributed by atoms with van der Waals surface area (Å²) < 4.78 is 6.24. The third-order valence-corrected chi connectivity index (χ3v) is 4.04. The van der Waals surface area contributed by atoms with Crippen LogP contribution in [0.3, 0.4) is 0 Å². The molecule has 2 rings (SSSR count). The molecule has 0 bridgehead atoms. The molecule has 0 aliphatic carbocycles. The maximum atomic E-state index is 11.9. The molecule has 1 aromatic heterocycles. The zero-order chi connectivity index (χ0) is 14.0. The number of hydrogen-bond donors (Lipinski definition) is 1. The summed E-state index contributed by atoms with van der Waals surface area (Å²) in [7, 11) is 1.54. The molecule has 7 heteroatoms. The van der Waals surface area contributed by atoms with Crippen LogP contribution in [0.5, 0.6) is 0 Å². The van der Waals surface area contributed by atoms with E-state index in [0.29, 0.717) is 26.6 Å². The second-order valence-corrected chi connectivity index (χ2v) is 5.85. The number of aromatic amines is 1. The zero-order valence-electron chi connectivity index (χ0n) is 9.84. The summed E-state index contributed by atoms with van der Waals surface area (Å²) in [5.74, 6) is 0.409. The lowest BCUT2D eigenvalue weighted by Gasteiger charge is -2.08. The normalized spacial score (nSPS) is 10.7. The minimum absolute atomic E-state index is 0.239. The fourth-order valence-corrected chi connectivity index (χ4v) is 2.41. The van der Waals surface area contributed by atoms with Gasteiger partial charge in [-0.2, -0.15) is 0 Å². The number of nitrogens with zero attached hydrogens (tertiary/aromatic N) is 1. The van der Waals surface area contributed by atoms with Crippen molar-refractivity contribution in [3.8, 4) is 11.4 Å². The lowest BCUT2D eigenvalue weighted by molar-refractivity contribution is 0.180. The lowest BCUT2D eigenvalue weighted by Crippen LogP contribution is -2.14. The highest BCUT2D eigenvalue weighted by Crippen LogP contribution is 2.28. The molecule has 100 valence electrons. The van der Waals surface area contributed by atoms with Gasteiger partial charge in [-0.3, -0.25) is 4.79 Å². The zero-order valence-corrected chi connectivity index (χ0v) is 13.8. The first-order chi connectivity index (χ1) is 9.02. The summed E-state index contributed by atoms with van der Waals surface area (Å²) >= 11 is 12.7. The van der Waals surface area contributed by atoms with Crippen molar-refractivity contribution in [1.29, 1.82) is 0 Å². The predicted octanol–water partition coefficient (Wildman–Crippen LogP) is 3.76. The van der Waals surface area contributed by atoms with Gasteiger partial charge in [-0.05, 0) is 34.1 Å². The lowest BCUT2D eigenvalue weighted by atomic mass is 10.2. The van der Waals surface area contributed by atoms with Crippen LogP contribution in [-0.2, 0) is 11.3 Å². The van der Waals surface area contributed by atoms with Gasteiger partial charge in [0.05, 0.1) is 17.3 Å². The van der Waals surface area contributed by atoms with Gasteiger partial charge in [0.15, 0.2) is 0 Å². The number of methoxy groups -OCH3 is 1. The molecule has 0 atom stereocenters. The van der Waals surface area contributed by atoms with E-state index in [1.807, 2.05) is 6.07 Å². The number of halogens is 3. The molecule has 1 aromatic carbocycles. The van der Waals surface area contributed by atoms with Gasteiger partial charge in [0.1, 0.15) is 10.3 Å². The van der Waals surface area contributed by atoms with Crippen LogP contribution in [0.1, 0.15) is 5.69 Å². The van der Waals surface area contributed by atoms with Crippen LogP contribution < -0.4 is 5.56 Å². The molecule has 0 unspecified atom stereocenters. The number of ether oxygens (including phenoxy) is 1. The molecular weight excluding hydrogens is 399 g/mol. The van der Waals surface area contributed by atoms with E-state index in [1.165, 1.54) is 0 Å². The van der Waals surface area contributed by atoms with Gasteiger partial charge in [-0.15, -0.1) is 0 Å². The molecule has 0 saturated carbocycles. The molecule has 1 N–H and O–H groups in total. The molecule has 0 aliphatic rings. The van der Waals surface area contributed by atoms with Gasteiger partial charge in [0.25, 0.3) is 5.56 Å². The minimum atomic E-state index is -0.270. The van der Waals surface area contributed by atoms with Crippen LogP contribution in [0, 0.1) is 0 Å². The molecule has 0 saturated heterocycles. The average molecular weight is 408 g/mol. The summed E-state index contributed by atoms with van der Waals surface area (Å²) in [6, 6.07) is 5.35. The van der Waals surface area contributed by atoms with E-state index in [4.69, 9.17) is 16.3 Å². The summed E-state index contributed by atoms with van der Waals surface area (Å²) in [6.45, 7) is 0.239. The topological polar surface area (TPSA) is 55.0 Å². The Balaban J connectivity index is 2.62. The Labute approximate surface area is 131 Å². The SMILES string of the molecule is COCc1nc(-c2cc(Br)ccc2Cl)[nH]c(=O)c1Br. The quantitative estimate of drug-likeness (QED) is 0.841. The number of aromatic nitrogens is 2. The van der Waals surface area contributed by atoms with Crippen molar-refractivity contribution in [3.63, 3.8) is 0 Å². The molecule has 4 nitrogen and oxygen atoms in total.